The number of hydrogen-bond donors (Lipinski definition) is 1. The first-order chi connectivity index (χ1) is 13.2. The molecule has 1 aromatic carbocycles. The quantitative estimate of drug-likeness (QED) is 0.836. The molecule has 1 aliphatic heterocycles. The van der Waals surface area contributed by atoms with E-state index in [0.29, 0.717) is 29.9 Å². The van der Waals surface area contributed by atoms with E-state index in [9.17, 15) is 9.59 Å². The molecule has 2 atom stereocenters. The van der Waals surface area contributed by atoms with Gasteiger partial charge in [0.1, 0.15) is 5.75 Å². The average Bonchev–Trinajstić information content (AvgIpc) is 2.82. The lowest BCUT2D eigenvalue weighted by atomic mass is 9.74. The number of nitrogens with zero attached hydrogens (tertiary/aromatic N) is 1. The molecule has 5 nitrogen and oxygen atoms in total. The topological polar surface area (TPSA) is 66.8 Å². The molecule has 1 aromatic rings. The smallest absolute Gasteiger partial charge is 0.306 e. The molecule has 28 heavy (non-hydrogen) atoms. The highest BCUT2D eigenvalue weighted by Crippen LogP contribution is 2.57. The molecule has 4 rings (SSSR count). The van der Waals surface area contributed by atoms with Gasteiger partial charge in [0.05, 0.1) is 12.0 Å². The van der Waals surface area contributed by atoms with Crippen molar-refractivity contribution in [3.05, 3.63) is 29.8 Å². The van der Waals surface area contributed by atoms with Crippen LogP contribution in [0.2, 0.25) is 0 Å². The monoisotopic (exact) mass is 385 g/mol. The minimum absolute atomic E-state index is 0.0639. The summed E-state index contributed by atoms with van der Waals surface area (Å²) in [7, 11) is 0. The normalized spacial score (nSPS) is 33.7. The van der Waals surface area contributed by atoms with E-state index in [1.54, 1.807) is 0 Å². The first kappa shape index (κ1) is 19.3. The number of carboxylic acids is 1. The standard InChI is InChI=1S/C23H31NO4/c1-22(2)12-19-23(3,13-22)14-24(19)20(25)15-4-8-17(9-5-15)28-18-10-6-16(7-11-18)21(26)27/h4-5,8-9,16,18-19H,6-7,10-14H2,1-3H3,(H,26,27)/t16-,18-,19?,23?. The largest absolute Gasteiger partial charge is 0.490 e. The molecule has 5 heteroatoms. The molecular formula is C23H31NO4. The highest BCUT2D eigenvalue weighted by Gasteiger charge is 2.59. The maximum Gasteiger partial charge on any atom is 0.306 e. The average molecular weight is 386 g/mol. The zero-order valence-corrected chi connectivity index (χ0v) is 17.1. The fraction of sp³-hybridized carbons (Fsp3) is 0.652. The van der Waals surface area contributed by atoms with Crippen LogP contribution in [0.5, 0.6) is 5.75 Å². The van der Waals surface area contributed by atoms with Gasteiger partial charge in [-0.3, -0.25) is 9.59 Å². The van der Waals surface area contributed by atoms with Gasteiger partial charge in [-0.2, -0.15) is 0 Å². The lowest BCUT2D eigenvalue weighted by molar-refractivity contribution is -0.143. The van der Waals surface area contributed by atoms with Gasteiger partial charge in [0.15, 0.2) is 0 Å². The van der Waals surface area contributed by atoms with E-state index < -0.39 is 5.97 Å². The number of amides is 1. The van der Waals surface area contributed by atoms with E-state index >= 15 is 0 Å². The van der Waals surface area contributed by atoms with Gasteiger partial charge in [0, 0.05) is 23.6 Å². The summed E-state index contributed by atoms with van der Waals surface area (Å²) < 4.78 is 6.01. The Morgan fingerprint density at radius 3 is 2.29 bits per heavy atom. The maximum atomic E-state index is 13.0. The molecule has 3 aliphatic rings. The number of fused-ring (bicyclic) bond motifs is 1. The minimum atomic E-state index is -0.700. The highest BCUT2D eigenvalue weighted by molar-refractivity contribution is 5.95. The number of aliphatic carboxylic acids is 1. The summed E-state index contributed by atoms with van der Waals surface area (Å²) in [5, 5.41) is 9.09. The summed E-state index contributed by atoms with van der Waals surface area (Å²) in [6, 6.07) is 7.81. The Bertz CT molecular complexity index is 763. The molecule has 152 valence electrons. The summed E-state index contributed by atoms with van der Waals surface area (Å²) in [6.07, 6.45) is 5.20. The fourth-order valence-corrected chi connectivity index (χ4v) is 5.76. The highest BCUT2D eigenvalue weighted by atomic mass is 16.5. The molecule has 2 saturated carbocycles. The summed E-state index contributed by atoms with van der Waals surface area (Å²) in [5.41, 5.74) is 1.30. The predicted octanol–water partition coefficient (Wildman–Crippen LogP) is 4.36. The van der Waals surface area contributed by atoms with Crippen LogP contribution in [0.1, 0.15) is 69.7 Å². The molecule has 1 N–H and O–H groups in total. The van der Waals surface area contributed by atoms with Gasteiger partial charge in [0.25, 0.3) is 5.91 Å². The number of likely N-dealkylation sites (tertiary alicyclic amines) is 1. The summed E-state index contributed by atoms with van der Waals surface area (Å²) in [6.45, 7) is 7.77. The van der Waals surface area contributed by atoms with Crippen LogP contribution < -0.4 is 4.74 Å². The number of carboxylic acid groups (broad SMARTS) is 1. The fourth-order valence-electron chi connectivity index (χ4n) is 5.76. The van der Waals surface area contributed by atoms with Gasteiger partial charge in [-0.1, -0.05) is 20.8 Å². The van der Waals surface area contributed by atoms with Crippen molar-refractivity contribution in [2.24, 2.45) is 16.7 Å². The number of benzene rings is 1. The van der Waals surface area contributed by atoms with E-state index in [-0.39, 0.29) is 23.3 Å². The van der Waals surface area contributed by atoms with Crippen LogP contribution in [0.4, 0.5) is 0 Å². The Balaban J connectivity index is 1.34. The van der Waals surface area contributed by atoms with Crippen molar-refractivity contribution in [3.63, 3.8) is 0 Å². The lowest BCUT2D eigenvalue weighted by Gasteiger charge is -2.52. The van der Waals surface area contributed by atoms with Crippen molar-refractivity contribution in [2.75, 3.05) is 6.54 Å². The second-order valence-corrected chi connectivity index (χ2v) is 10.1. The molecule has 0 spiro atoms. The number of ether oxygens (including phenoxy) is 1. The van der Waals surface area contributed by atoms with E-state index in [1.165, 1.54) is 6.42 Å². The van der Waals surface area contributed by atoms with Gasteiger partial charge < -0.3 is 14.7 Å². The maximum absolute atomic E-state index is 13.0. The Labute approximate surface area is 167 Å². The summed E-state index contributed by atoms with van der Waals surface area (Å²) in [4.78, 5) is 26.0. The molecule has 1 heterocycles. The number of rotatable bonds is 4. The molecular weight excluding hydrogens is 354 g/mol. The second-order valence-electron chi connectivity index (χ2n) is 10.1. The third-order valence-corrected chi connectivity index (χ3v) is 7.03. The zero-order chi connectivity index (χ0) is 20.1. The van der Waals surface area contributed by atoms with Gasteiger partial charge in [-0.15, -0.1) is 0 Å². The summed E-state index contributed by atoms with van der Waals surface area (Å²) in [5.74, 6) is -0.0591. The first-order valence-corrected chi connectivity index (χ1v) is 10.5. The molecule has 1 saturated heterocycles. The van der Waals surface area contributed by atoms with Gasteiger partial charge in [-0.25, -0.2) is 0 Å². The third kappa shape index (κ3) is 3.51. The minimum Gasteiger partial charge on any atom is -0.490 e. The molecule has 2 aliphatic carbocycles. The van der Waals surface area contributed by atoms with Crippen molar-refractivity contribution in [1.82, 2.24) is 4.90 Å². The van der Waals surface area contributed by atoms with Crippen molar-refractivity contribution in [1.29, 1.82) is 0 Å². The van der Waals surface area contributed by atoms with Crippen LogP contribution in [0.15, 0.2) is 24.3 Å². The predicted molar refractivity (Wildman–Crippen MR) is 106 cm³/mol. The van der Waals surface area contributed by atoms with E-state index in [1.807, 2.05) is 29.2 Å². The molecule has 3 fully saturated rings. The second kappa shape index (κ2) is 6.78. The SMILES string of the molecule is CC1(C)CC2N(C(=O)c3ccc(O[C@H]4CC[C@H](C(=O)O)CC4)cc3)CC2(C)C1. The third-order valence-electron chi connectivity index (χ3n) is 7.03. The van der Waals surface area contributed by atoms with Crippen LogP contribution >= 0.6 is 0 Å². The number of carbonyl (C=O) groups excluding carboxylic acids is 1. The lowest BCUT2D eigenvalue weighted by Crippen LogP contribution is -2.62. The van der Waals surface area contributed by atoms with Crippen LogP contribution in [-0.2, 0) is 4.79 Å². The molecule has 1 amide bonds. The van der Waals surface area contributed by atoms with Crippen LogP contribution in [0, 0.1) is 16.7 Å². The van der Waals surface area contributed by atoms with Crippen LogP contribution in [0.3, 0.4) is 0 Å². The summed E-state index contributed by atoms with van der Waals surface area (Å²) >= 11 is 0. The van der Waals surface area contributed by atoms with Crippen molar-refractivity contribution in [3.8, 4) is 5.75 Å². The first-order valence-electron chi connectivity index (χ1n) is 10.5. The van der Waals surface area contributed by atoms with Crippen molar-refractivity contribution in [2.45, 2.75) is 71.4 Å². The molecule has 0 radical (unpaired) electrons. The van der Waals surface area contributed by atoms with Gasteiger partial charge in [0.2, 0.25) is 0 Å². The Hall–Kier alpha value is -2.04. The van der Waals surface area contributed by atoms with Gasteiger partial charge >= 0.3 is 5.97 Å². The van der Waals surface area contributed by atoms with Crippen LogP contribution in [0.25, 0.3) is 0 Å². The van der Waals surface area contributed by atoms with Crippen LogP contribution in [-0.4, -0.2) is 40.6 Å². The molecule has 2 unspecified atom stereocenters. The Morgan fingerprint density at radius 2 is 1.71 bits per heavy atom. The Morgan fingerprint density at radius 1 is 1.07 bits per heavy atom. The zero-order valence-electron chi connectivity index (χ0n) is 17.1. The van der Waals surface area contributed by atoms with Gasteiger partial charge in [-0.05, 0) is 68.2 Å². The van der Waals surface area contributed by atoms with Crippen molar-refractivity contribution >= 4 is 11.9 Å². The van der Waals surface area contributed by atoms with Crippen molar-refractivity contribution < 1.29 is 19.4 Å². The number of carbonyl (C=O) groups is 2. The van der Waals surface area contributed by atoms with E-state index in [2.05, 4.69) is 20.8 Å². The van der Waals surface area contributed by atoms with E-state index in [4.69, 9.17) is 9.84 Å². The Kier molecular flexibility index (Phi) is 4.67. The molecule has 0 bridgehead atoms. The van der Waals surface area contributed by atoms with E-state index in [0.717, 1.165) is 31.6 Å². The molecule has 0 aromatic heterocycles. The number of hydrogen-bond acceptors (Lipinski definition) is 3.